The van der Waals surface area contributed by atoms with Crippen LogP contribution in [-0.4, -0.2) is 44.2 Å². The van der Waals surface area contributed by atoms with E-state index in [0.29, 0.717) is 12.4 Å². The summed E-state index contributed by atoms with van der Waals surface area (Å²) in [6, 6.07) is 7.92. The smallest absolute Gasteiger partial charge is 0.407 e. The van der Waals surface area contributed by atoms with Crippen molar-refractivity contribution in [3.05, 3.63) is 41.7 Å². The summed E-state index contributed by atoms with van der Waals surface area (Å²) in [7, 11) is 1.90. The van der Waals surface area contributed by atoms with Crippen molar-refractivity contribution in [1.29, 1.82) is 0 Å². The number of aromatic nitrogens is 4. The van der Waals surface area contributed by atoms with Crippen LogP contribution >= 0.6 is 0 Å². The Balaban J connectivity index is 1.46. The lowest BCUT2D eigenvalue weighted by molar-refractivity contribution is -0.115. The number of carbonyl (C=O) groups excluding carboxylic acids is 2. The monoisotopic (exact) mass is 466 g/mol. The molecule has 2 atom stereocenters. The number of fused-ring (bicyclic) bond motifs is 1. The molecule has 182 valence electrons. The summed E-state index contributed by atoms with van der Waals surface area (Å²) < 4.78 is 9.20. The van der Waals surface area contributed by atoms with Crippen LogP contribution in [-0.2, 0) is 28.5 Å². The molecule has 9 heteroatoms. The SMILES string of the molecule is CCNC(=O)OC1CCC(c2cc(NC(=O)Cc3ccc4c(cnn4C)c3)n(C(C)(C)C)n2)C1. The fraction of sp³-hybridized carbons (Fsp3) is 0.520. The molecule has 4 rings (SSSR count). The Kier molecular flexibility index (Phi) is 6.63. The summed E-state index contributed by atoms with van der Waals surface area (Å²) in [6.07, 6.45) is 4.02. The van der Waals surface area contributed by atoms with E-state index in [1.165, 1.54) is 0 Å². The van der Waals surface area contributed by atoms with E-state index < -0.39 is 0 Å². The molecule has 2 amide bonds. The van der Waals surface area contributed by atoms with E-state index in [1.54, 1.807) is 0 Å². The van der Waals surface area contributed by atoms with Crippen molar-refractivity contribution in [1.82, 2.24) is 24.9 Å². The van der Waals surface area contributed by atoms with E-state index in [4.69, 9.17) is 9.84 Å². The molecule has 1 saturated carbocycles. The van der Waals surface area contributed by atoms with Crippen LogP contribution in [0.5, 0.6) is 0 Å². The molecule has 0 aliphatic heterocycles. The molecule has 1 aliphatic rings. The van der Waals surface area contributed by atoms with E-state index in [0.717, 1.165) is 41.4 Å². The summed E-state index contributed by atoms with van der Waals surface area (Å²) in [5.41, 5.74) is 2.58. The predicted octanol–water partition coefficient (Wildman–Crippen LogP) is 4.09. The highest BCUT2D eigenvalue weighted by atomic mass is 16.6. The second-order valence-corrected chi connectivity index (χ2v) is 9.99. The molecule has 9 nitrogen and oxygen atoms in total. The van der Waals surface area contributed by atoms with Crippen LogP contribution in [0.4, 0.5) is 10.6 Å². The summed E-state index contributed by atoms with van der Waals surface area (Å²) in [6.45, 7) is 8.59. The summed E-state index contributed by atoms with van der Waals surface area (Å²) in [4.78, 5) is 24.7. The van der Waals surface area contributed by atoms with Crippen LogP contribution in [0, 0.1) is 0 Å². The molecule has 2 unspecified atom stereocenters. The fourth-order valence-electron chi connectivity index (χ4n) is 4.55. The maximum Gasteiger partial charge on any atom is 0.407 e. The van der Waals surface area contributed by atoms with Crippen LogP contribution in [0.2, 0.25) is 0 Å². The minimum atomic E-state index is -0.370. The molecule has 34 heavy (non-hydrogen) atoms. The van der Waals surface area contributed by atoms with Crippen molar-refractivity contribution < 1.29 is 14.3 Å². The summed E-state index contributed by atoms with van der Waals surface area (Å²) in [5, 5.41) is 15.9. The Labute approximate surface area is 199 Å². The van der Waals surface area contributed by atoms with Gasteiger partial charge >= 0.3 is 6.09 Å². The number of nitrogens with one attached hydrogen (secondary N) is 2. The first-order valence-corrected chi connectivity index (χ1v) is 11.9. The maximum absolute atomic E-state index is 12.9. The number of benzene rings is 1. The molecule has 3 aromatic rings. The van der Waals surface area contributed by atoms with Gasteiger partial charge in [0.1, 0.15) is 11.9 Å². The van der Waals surface area contributed by atoms with Gasteiger partial charge in [0.2, 0.25) is 5.91 Å². The van der Waals surface area contributed by atoms with Gasteiger partial charge in [0.05, 0.1) is 29.4 Å². The molecule has 0 saturated heterocycles. The highest BCUT2D eigenvalue weighted by Crippen LogP contribution is 2.37. The molecule has 1 aromatic carbocycles. The molecule has 2 aromatic heterocycles. The Bertz CT molecular complexity index is 1190. The second-order valence-electron chi connectivity index (χ2n) is 9.99. The molecule has 0 spiro atoms. The third-order valence-electron chi connectivity index (χ3n) is 6.20. The number of hydrogen-bond acceptors (Lipinski definition) is 5. The number of nitrogens with zero attached hydrogens (tertiary/aromatic N) is 4. The topological polar surface area (TPSA) is 103 Å². The predicted molar refractivity (Wildman–Crippen MR) is 131 cm³/mol. The normalized spacial score (nSPS) is 18.3. The highest BCUT2D eigenvalue weighted by molar-refractivity contribution is 5.92. The first-order valence-electron chi connectivity index (χ1n) is 11.9. The van der Waals surface area contributed by atoms with Gasteiger partial charge in [-0.25, -0.2) is 9.48 Å². The molecular formula is C25H34N6O3. The molecule has 1 fully saturated rings. The van der Waals surface area contributed by atoms with Crippen LogP contribution in [0.25, 0.3) is 10.9 Å². The van der Waals surface area contributed by atoms with Crippen LogP contribution in [0.15, 0.2) is 30.5 Å². The largest absolute Gasteiger partial charge is 0.446 e. The first kappa shape index (κ1) is 23.8. The van der Waals surface area contributed by atoms with Gasteiger partial charge < -0.3 is 15.4 Å². The molecule has 2 N–H and O–H groups in total. The Morgan fingerprint density at radius 2 is 2.00 bits per heavy atom. The zero-order valence-electron chi connectivity index (χ0n) is 20.6. The fourth-order valence-corrected chi connectivity index (χ4v) is 4.55. The molecule has 0 bridgehead atoms. The third-order valence-corrected chi connectivity index (χ3v) is 6.20. The van der Waals surface area contributed by atoms with Crippen LogP contribution in [0.1, 0.15) is 64.1 Å². The number of aryl methyl sites for hydroxylation is 1. The average molecular weight is 467 g/mol. The van der Waals surface area contributed by atoms with Gasteiger partial charge in [-0.1, -0.05) is 6.07 Å². The van der Waals surface area contributed by atoms with Crippen molar-refractivity contribution in [3.63, 3.8) is 0 Å². The van der Waals surface area contributed by atoms with Gasteiger partial charge in [0.15, 0.2) is 0 Å². The quantitative estimate of drug-likeness (QED) is 0.570. The highest BCUT2D eigenvalue weighted by Gasteiger charge is 2.32. The van der Waals surface area contributed by atoms with Crippen molar-refractivity contribution in [2.24, 2.45) is 7.05 Å². The third kappa shape index (κ3) is 5.24. The molecular weight excluding hydrogens is 432 g/mol. The lowest BCUT2D eigenvalue weighted by atomic mass is 10.0. The van der Waals surface area contributed by atoms with Gasteiger partial charge in [0.25, 0.3) is 0 Å². The van der Waals surface area contributed by atoms with Crippen LogP contribution in [0.3, 0.4) is 0 Å². The van der Waals surface area contributed by atoms with Gasteiger partial charge in [0, 0.05) is 31.0 Å². The zero-order valence-corrected chi connectivity index (χ0v) is 20.6. The van der Waals surface area contributed by atoms with Crippen molar-refractivity contribution in [2.75, 3.05) is 11.9 Å². The standard InChI is InChI=1S/C25H34N6O3/c1-6-26-24(33)34-19-9-8-17(13-19)20-14-22(31(29-20)25(2,3)4)28-23(32)12-16-7-10-21-18(11-16)15-27-30(21)5/h7,10-11,14-15,17,19H,6,8-9,12-13H2,1-5H3,(H,26,33)(H,28,32). The van der Waals surface area contributed by atoms with Crippen molar-refractivity contribution in [2.45, 2.75) is 70.9 Å². The maximum atomic E-state index is 12.9. The minimum absolute atomic E-state index is 0.0935. The Morgan fingerprint density at radius 3 is 2.74 bits per heavy atom. The minimum Gasteiger partial charge on any atom is -0.446 e. The molecule has 0 radical (unpaired) electrons. The first-order chi connectivity index (χ1) is 16.1. The van der Waals surface area contributed by atoms with E-state index >= 15 is 0 Å². The number of amides is 2. The second kappa shape index (κ2) is 9.48. The number of rotatable bonds is 6. The lowest BCUT2D eigenvalue weighted by Crippen LogP contribution is -2.27. The summed E-state index contributed by atoms with van der Waals surface area (Å²) in [5.74, 6) is 0.777. The van der Waals surface area contributed by atoms with Gasteiger partial charge in [-0.3, -0.25) is 9.48 Å². The number of alkyl carbamates (subject to hydrolysis) is 1. The number of anilines is 1. The Hall–Kier alpha value is -3.36. The zero-order chi connectivity index (χ0) is 24.5. The lowest BCUT2D eigenvalue weighted by Gasteiger charge is -2.22. The van der Waals surface area contributed by atoms with Crippen molar-refractivity contribution in [3.8, 4) is 0 Å². The van der Waals surface area contributed by atoms with E-state index in [1.807, 2.05) is 53.8 Å². The van der Waals surface area contributed by atoms with Gasteiger partial charge in [-0.15, -0.1) is 0 Å². The van der Waals surface area contributed by atoms with E-state index in [-0.39, 0.29) is 36.0 Å². The van der Waals surface area contributed by atoms with Crippen molar-refractivity contribution >= 4 is 28.7 Å². The Morgan fingerprint density at radius 1 is 1.21 bits per heavy atom. The number of ether oxygens (including phenoxy) is 1. The van der Waals surface area contributed by atoms with Crippen LogP contribution < -0.4 is 10.6 Å². The number of carbonyl (C=O) groups is 2. The summed E-state index contributed by atoms with van der Waals surface area (Å²) >= 11 is 0. The van der Waals surface area contributed by atoms with Gasteiger partial charge in [-0.05, 0) is 64.7 Å². The van der Waals surface area contributed by atoms with E-state index in [2.05, 4.69) is 36.5 Å². The van der Waals surface area contributed by atoms with Gasteiger partial charge in [-0.2, -0.15) is 10.2 Å². The molecule has 2 heterocycles. The molecule has 1 aliphatic carbocycles. The average Bonchev–Trinajstić information content (AvgIpc) is 3.47. The number of hydrogen-bond donors (Lipinski definition) is 2. The van der Waals surface area contributed by atoms with E-state index in [9.17, 15) is 9.59 Å².